The van der Waals surface area contributed by atoms with Crippen LogP contribution >= 0.6 is 11.8 Å². The third-order valence-corrected chi connectivity index (χ3v) is 8.26. The molecule has 4 rings (SSSR count). The van der Waals surface area contributed by atoms with E-state index in [4.69, 9.17) is 4.74 Å². The van der Waals surface area contributed by atoms with Crippen molar-refractivity contribution in [3.8, 4) is 5.75 Å². The molecule has 1 fully saturated rings. The SMILES string of the molecule is COc1ccc2nccc([C@@H](O)CCC3CCN(CCCSc4cnccn4)CC3CCC(=O)O)c2c1. The standard InChI is InChI=1S/C28H36N4O4S/c1-36-22-5-6-25-24(17-22)23(9-11-30-25)26(33)7-3-20-10-15-32(19-21(20)4-8-28(34)35)14-2-16-37-27-18-29-12-13-31-27/h5-6,9,11-13,17-18,20-21,26,33H,2-4,7-8,10,14-16,19H2,1H3,(H,34,35)/t20?,21?,26-/m0/s1. The first kappa shape index (κ1) is 27.3. The molecule has 0 bridgehead atoms. The van der Waals surface area contributed by atoms with Crippen LogP contribution in [-0.4, -0.2) is 68.5 Å². The number of nitrogens with zero attached hydrogens (tertiary/aromatic N) is 4. The van der Waals surface area contributed by atoms with Crippen LogP contribution in [0.1, 0.15) is 50.2 Å². The number of rotatable bonds is 13. The van der Waals surface area contributed by atoms with Gasteiger partial charge in [-0.05, 0) is 86.9 Å². The molecule has 0 amide bonds. The van der Waals surface area contributed by atoms with Gasteiger partial charge in [0.2, 0.25) is 0 Å². The zero-order chi connectivity index (χ0) is 26.0. The Bertz CT molecular complexity index is 1150. The second-order valence-electron chi connectivity index (χ2n) is 9.66. The number of pyridine rings is 1. The minimum Gasteiger partial charge on any atom is -0.497 e. The predicted octanol–water partition coefficient (Wildman–Crippen LogP) is 4.83. The molecule has 3 aromatic rings. The highest BCUT2D eigenvalue weighted by molar-refractivity contribution is 7.99. The Hall–Kier alpha value is -2.75. The number of carboxylic acids is 1. The van der Waals surface area contributed by atoms with Crippen LogP contribution in [-0.2, 0) is 4.79 Å². The number of aliphatic hydroxyl groups is 1. The number of methoxy groups -OCH3 is 1. The van der Waals surface area contributed by atoms with E-state index >= 15 is 0 Å². The van der Waals surface area contributed by atoms with Gasteiger partial charge in [0.1, 0.15) is 10.8 Å². The number of carbonyl (C=O) groups is 1. The van der Waals surface area contributed by atoms with Gasteiger partial charge in [0, 0.05) is 42.7 Å². The molecule has 8 nitrogen and oxygen atoms in total. The van der Waals surface area contributed by atoms with E-state index in [1.807, 2.05) is 24.3 Å². The normalized spacial score (nSPS) is 19.1. The summed E-state index contributed by atoms with van der Waals surface area (Å²) in [6.07, 6.45) is 10.8. The lowest BCUT2D eigenvalue weighted by atomic mass is 9.79. The lowest BCUT2D eigenvalue weighted by Gasteiger charge is -2.39. The van der Waals surface area contributed by atoms with Gasteiger partial charge in [0.05, 0.1) is 24.9 Å². The number of hydrogen-bond donors (Lipinski definition) is 2. The molecule has 1 aromatic carbocycles. The molecular formula is C28H36N4O4S. The number of benzene rings is 1. The fourth-order valence-electron chi connectivity index (χ4n) is 5.29. The van der Waals surface area contributed by atoms with Crippen molar-refractivity contribution in [2.45, 2.75) is 49.7 Å². The lowest BCUT2D eigenvalue weighted by Crippen LogP contribution is -2.41. The summed E-state index contributed by atoms with van der Waals surface area (Å²) in [7, 11) is 1.63. The van der Waals surface area contributed by atoms with Crippen molar-refractivity contribution in [1.82, 2.24) is 19.9 Å². The number of ether oxygens (including phenoxy) is 1. The molecule has 9 heteroatoms. The number of hydrogen-bond acceptors (Lipinski definition) is 8. The number of thioether (sulfide) groups is 1. The zero-order valence-corrected chi connectivity index (χ0v) is 22.1. The first-order valence-electron chi connectivity index (χ1n) is 13.0. The fraction of sp³-hybridized carbons (Fsp3) is 0.500. The molecule has 2 aromatic heterocycles. The first-order chi connectivity index (χ1) is 18.0. The molecule has 1 aliphatic rings. The van der Waals surface area contributed by atoms with Gasteiger partial charge in [-0.1, -0.05) is 0 Å². The molecule has 37 heavy (non-hydrogen) atoms. The van der Waals surface area contributed by atoms with Crippen molar-refractivity contribution < 1.29 is 19.7 Å². The van der Waals surface area contributed by atoms with Crippen LogP contribution in [0.4, 0.5) is 0 Å². The smallest absolute Gasteiger partial charge is 0.303 e. The summed E-state index contributed by atoms with van der Waals surface area (Å²) in [5.41, 5.74) is 1.70. The third kappa shape index (κ3) is 7.87. The quantitative estimate of drug-likeness (QED) is 0.240. The van der Waals surface area contributed by atoms with Gasteiger partial charge in [-0.3, -0.25) is 14.8 Å². The number of aromatic nitrogens is 3. The van der Waals surface area contributed by atoms with Crippen molar-refractivity contribution in [3.63, 3.8) is 0 Å². The Kier molecular flexibility index (Phi) is 10.1. The van der Waals surface area contributed by atoms with Crippen molar-refractivity contribution in [1.29, 1.82) is 0 Å². The number of aliphatic hydroxyl groups excluding tert-OH is 1. The monoisotopic (exact) mass is 524 g/mol. The summed E-state index contributed by atoms with van der Waals surface area (Å²) in [6, 6.07) is 7.60. The van der Waals surface area contributed by atoms with E-state index in [9.17, 15) is 15.0 Å². The highest BCUT2D eigenvalue weighted by Crippen LogP contribution is 2.35. The summed E-state index contributed by atoms with van der Waals surface area (Å²) in [4.78, 5) is 26.6. The summed E-state index contributed by atoms with van der Waals surface area (Å²) >= 11 is 1.72. The molecule has 198 valence electrons. The Labute approximate surface area is 222 Å². The van der Waals surface area contributed by atoms with Gasteiger partial charge < -0.3 is 19.8 Å². The van der Waals surface area contributed by atoms with Crippen molar-refractivity contribution >= 4 is 28.6 Å². The number of likely N-dealkylation sites (tertiary alicyclic amines) is 1. The van der Waals surface area contributed by atoms with Gasteiger partial charge in [-0.2, -0.15) is 0 Å². The van der Waals surface area contributed by atoms with Crippen LogP contribution in [0.25, 0.3) is 10.9 Å². The van der Waals surface area contributed by atoms with E-state index in [1.54, 1.807) is 43.7 Å². The van der Waals surface area contributed by atoms with Gasteiger partial charge >= 0.3 is 5.97 Å². The van der Waals surface area contributed by atoms with Crippen molar-refractivity contribution in [3.05, 3.63) is 54.6 Å². The average molecular weight is 525 g/mol. The number of carboxylic acid groups (broad SMARTS) is 1. The van der Waals surface area contributed by atoms with E-state index in [1.165, 1.54) is 0 Å². The van der Waals surface area contributed by atoms with Crippen LogP contribution in [0.15, 0.2) is 54.1 Å². The number of fused-ring (bicyclic) bond motifs is 1. The topological polar surface area (TPSA) is 109 Å². The molecule has 0 radical (unpaired) electrons. The van der Waals surface area contributed by atoms with Gasteiger partial charge in [-0.15, -0.1) is 11.8 Å². The van der Waals surface area contributed by atoms with E-state index in [0.29, 0.717) is 24.7 Å². The van der Waals surface area contributed by atoms with Gasteiger partial charge in [0.15, 0.2) is 0 Å². The summed E-state index contributed by atoms with van der Waals surface area (Å²) in [5.74, 6) is 1.70. The highest BCUT2D eigenvalue weighted by Gasteiger charge is 2.30. The zero-order valence-electron chi connectivity index (χ0n) is 21.3. The highest BCUT2D eigenvalue weighted by atomic mass is 32.2. The first-order valence-corrected chi connectivity index (χ1v) is 14.0. The summed E-state index contributed by atoms with van der Waals surface area (Å²) < 4.78 is 5.37. The maximum Gasteiger partial charge on any atom is 0.303 e. The van der Waals surface area contributed by atoms with Crippen molar-refractivity contribution in [2.75, 3.05) is 32.5 Å². The molecule has 0 saturated carbocycles. The van der Waals surface area contributed by atoms with Crippen molar-refractivity contribution in [2.24, 2.45) is 11.8 Å². The van der Waals surface area contributed by atoms with Crippen LogP contribution in [0.2, 0.25) is 0 Å². The largest absolute Gasteiger partial charge is 0.497 e. The molecule has 3 heterocycles. The van der Waals surface area contributed by atoms with E-state index in [2.05, 4.69) is 19.9 Å². The maximum atomic E-state index is 11.3. The molecule has 2 N–H and O–H groups in total. The molecule has 0 spiro atoms. The molecule has 1 aliphatic heterocycles. The van der Waals surface area contributed by atoms with Gasteiger partial charge in [-0.25, -0.2) is 4.98 Å². The third-order valence-electron chi connectivity index (χ3n) is 7.26. The summed E-state index contributed by atoms with van der Waals surface area (Å²) in [5, 5.41) is 22.3. The van der Waals surface area contributed by atoms with Crippen LogP contribution in [0.5, 0.6) is 5.75 Å². The Morgan fingerprint density at radius 2 is 2.08 bits per heavy atom. The van der Waals surface area contributed by atoms with Crippen LogP contribution < -0.4 is 4.74 Å². The lowest BCUT2D eigenvalue weighted by molar-refractivity contribution is -0.137. The summed E-state index contributed by atoms with van der Waals surface area (Å²) in [6.45, 7) is 2.92. The Morgan fingerprint density at radius 1 is 1.19 bits per heavy atom. The molecule has 1 saturated heterocycles. The average Bonchev–Trinajstić information content (AvgIpc) is 2.93. The minimum atomic E-state index is -0.742. The Balaban J connectivity index is 1.32. The predicted molar refractivity (Wildman–Crippen MR) is 145 cm³/mol. The Morgan fingerprint density at radius 3 is 2.86 bits per heavy atom. The molecule has 0 aliphatic carbocycles. The second kappa shape index (κ2) is 13.7. The van der Waals surface area contributed by atoms with Gasteiger partial charge in [0.25, 0.3) is 0 Å². The van der Waals surface area contributed by atoms with Crippen LogP contribution in [0, 0.1) is 11.8 Å². The molecule has 3 atom stereocenters. The minimum absolute atomic E-state index is 0.189. The van der Waals surface area contributed by atoms with E-state index < -0.39 is 12.1 Å². The molecule has 2 unspecified atom stereocenters. The number of aliphatic carboxylic acids is 1. The second-order valence-corrected chi connectivity index (χ2v) is 10.8. The number of piperidine rings is 1. The van der Waals surface area contributed by atoms with E-state index in [0.717, 1.165) is 71.9 Å². The maximum absolute atomic E-state index is 11.3. The molecular weight excluding hydrogens is 488 g/mol. The van der Waals surface area contributed by atoms with Crippen LogP contribution in [0.3, 0.4) is 0 Å². The fourth-order valence-corrected chi connectivity index (χ4v) is 6.04. The van der Waals surface area contributed by atoms with E-state index in [-0.39, 0.29) is 6.42 Å².